The lowest BCUT2D eigenvalue weighted by molar-refractivity contribution is -0.136. The van der Waals surface area contributed by atoms with E-state index in [2.05, 4.69) is 13.8 Å². The molecule has 0 radical (unpaired) electrons. The molecular weight excluding hydrogens is 164 g/mol. The minimum atomic E-state index is -0.735. The molecule has 1 N–H and O–H groups in total. The van der Waals surface area contributed by atoms with Crippen LogP contribution in [0.15, 0.2) is 0 Å². The molecular formula is C11H18O2. The molecule has 0 spiro atoms. The first kappa shape index (κ1) is 9.20. The summed E-state index contributed by atoms with van der Waals surface area (Å²) in [7, 11) is 0. The fourth-order valence-corrected chi connectivity index (χ4v) is 3.27. The first-order valence-electron chi connectivity index (χ1n) is 5.00. The molecule has 2 nitrogen and oxygen atoms in total. The van der Waals surface area contributed by atoms with E-state index in [0.29, 0.717) is 0 Å². The van der Waals surface area contributed by atoms with Gasteiger partial charge in [-0.25, -0.2) is 0 Å². The fourth-order valence-electron chi connectivity index (χ4n) is 3.27. The zero-order chi connectivity index (χ0) is 10.1. The summed E-state index contributed by atoms with van der Waals surface area (Å²) in [5.41, 5.74) is -0.545. The molecule has 2 saturated carbocycles. The lowest BCUT2D eigenvalue weighted by atomic mass is 9.66. The van der Waals surface area contributed by atoms with Crippen molar-refractivity contribution in [2.45, 2.75) is 46.6 Å². The van der Waals surface area contributed by atoms with Crippen LogP contribution in [-0.2, 0) is 4.79 Å². The first-order valence-corrected chi connectivity index (χ1v) is 5.00. The number of fused-ring (bicyclic) bond motifs is 2. The number of carbonyl (C=O) groups excluding carboxylic acids is 1. The van der Waals surface area contributed by atoms with Crippen LogP contribution >= 0.6 is 0 Å². The summed E-state index contributed by atoms with van der Waals surface area (Å²) >= 11 is 0. The number of rotatable bonds is 0. The monoisotopic (exact) mass is 182 g/mol. The molecule has 2 heteroatoms. The smallest absolute Gasteiger partial charge is 0.168 e. The molecule has 2 aliphatic carbocycles. The number of hydrogen-bond acceptors (Lipinski definition) is 2. The van der Waals surface area contributed by atoms with Crippen LogP contribution in [0.4, 0.5) is 0 Å². The Morgan fingerprint density at radius 3 is 2.00 bits per heavy atom. The number of carbonyl (C=O) groups is 1. The SMILES string of the molecule is CC12CCC(C)(C(O)C1=O)C2(C)C. The van der Waals surface area contributed by atoms with Gasteiger partial charge in [0.05, 0.1) is 0 Å². The summed E-state index contributed by atoms with van der Waals surface area (Å²) in [6, 6.07) is 0. The molecule has 2 rings (SSSR count). The molecule has 2 aliphatic rings. The van der Waals surface area contributed by atoms with Gasteiger partial charge in [0.1, 0.15) is 6.10 Å². The van der Waals surface area contributed by atoms with Gasteiger partial charge in [-0.2, -0.15) is 0 Å². The predicted molar refractivity (Wildman–Crippen MR) is 50.2 cm³/mol. The van der Waals surface area contributed by atoms with E-state index < -0.39 is 6.10 Å². The summed E-state index contributed by atoms with van der Waals surface area (Å²) in [6.45, 7) is 8.30. The van der Waals surface area contributed by atoms with E-state index in [1.54, 1.807) is 0 Å². The third kappa shape index (κ3) is 0.653. The standard InChI is InChI=1S/C11H18O2/c1-9(2)10(3)5-6-11(9,4)8(13)7(10)12/h7,12H,5-6H2,1-4H3. The minimum Gasteiger partial charge on any atom is -0.385 e. The maximum Gasteiger partial charge on any atom is 0.168 e. The minimum absolute atomic E-state index is 0.0590. The maximum atomic E-state index is 11.9. The summed E-state index contributed by atoms with van der Waals surface area (Å²) in [4.78, 5) is 11.9. The van der Waals surface area contributed by atoms with Crippen molar-refractivity contribution >= 4 is 5.78 Å². The van der Waals surface area contributed by atoms with Crippen LogP contribution in [0.25, 0.3) is 0 Å². The second-order valence-corrected chi connectivity index (χ2v) is 5.64. The third-order valence-electron chi connectivity index (χ3n) is 5.35. The van der Waals surface area contributed by atoms with E-state index in [1.165, 1.54) is 0 Å². The van der Waals surface area contributed by atoms with Crippen LogP contribution in [0.5, 0.6) is 0 Å². The lowest BCUT2D eigenvalue weighted by Crippen LogP contribution is -2.37. The molecule has 0 saturated heterocycles. The van der Waals surface area contributed by atoms with Crippen molar-refractivity contribution in [3.63, 3.8) is 0 Å². The van der Waals surface area contributed by atoms with E-state index in [4.69, 9.17) is 0 Å². The first-order chi connectivity index (χ1) is 5.77. The Labute approximate surface area is 79.3 Å². The maximum absolute atomic E-state index is 11.9. The molecule has 0 heterocycles. The van der Waals surface area contributed by atoms with Gasteiger partial charge >= 0.3 is 0 Å². The zero-order valence-electron chi connectivity index (χ0n) is 8.85. The van der Waals surface area contributed by atoms with Gasteiger partial charge in [-0.15, -0.1) is 0 Å². The highest BCUT2D eigenvalue weighted by Crippen LogP contribution is 2.70. The third-order valence-corrected chi connectivity index (χ3v) is 5.35. The van der Waals surface area contributed by atoms with Crippen LogP contribution in [0, 0.1) is 16.2 Å². The van der Waals surface area contributed by atoms with E-state index in [-0.39, 0.29) is 22.0 Å². The zero-order valence-corrected chi connectivity index (χ0v) is 8.85. The lowest BCUT2D eigenvalue weighted by Gasteiger charge is -2.37. The molecule has 0 amide bonds. The van der Waals surface area contributed by atoms with Gasteiger partial charge in [-0.1, -0.05) is 27.7 Å². The van der Waals surface area contributed by atoms with Crippen molar-refractivity contribution in [2.75, 3.05) is 0 Å². The molecule has 2 fully saturated rings. The summed E-state index contributed by atoms with van der Waals surface area (Å²) in [6.07, 6.45) is 1.18. The quantitative estimate of drug-likeness (QED) is 0.620. The van der Waals surface area contributed by atoms with Gasteiger partial charge in [0, 0.05) is 10.8 Å². The normalized spacial score (nSPS) is 53.0. The summed E-state index contributed by atoms with van der Waals surface area (Å²) in [5.74, 6) is 0.0613. The van der Waals surface area contributed by atoms with Gasteiger partial charge in [-0.05, 0) is 18.3 Å². The molecule has 0 aromatic heterocycles. The van der Waals surface area contributed by atoms with Gasteiger partial charge in [-0.3, -0.25) is 4.79 Å². The summed E-state index contributed by atoms with van der Waals surface area (Å²) in [5, 5.41) is 9.90. The van der Waals surface area contributed by atoms with Crippen LogP contribution in [0.1, 0.15) is 40.5 Å². The second kappa shape index (κ2) is 2.00. The Morgan fingerprint density at radius 2 is 1.77 bits per heavy atom. The van der Waals surface area contributed by atoms with Crippen molar-refractivity contribution in [2.24, 2.45) is 16.2 Å². The molecule has 3 unspecified atom stereocenters. The van der Waals surface area contributed by atoms with Crippen LogP contribution in [0.3, 0.4) is 0 Å². The number of aliphatic hydroxyl groups is 1. The summed E-state index contributed by atoms with van der Waals surface area (Å²) < 4.78 is 0. The number of ketones is 1. The van der Waals surface area contributed by atoms with Crippen molar-refractivity contribution in [3.05, 3.63) is 0 Å². The molecule has 13 heavy (non-hydrogen) atoms. The van der Waals surface area contributed by atoms with E-state index in [1.807, 2.05) is 13.8 Å². The highest BCUT2D eigenvalue weighted by atomic mass is 16.3. The van der Waals surface area contributed by atoms with Crippen LogP contribution < -0.4 is 0 Å². The number of hydrogen-bond donors (Lipinski definition) is 1. The predicted octanol–water partition coefficient (Wildman–Crippen LogP) is 1.76. The van der Waals surface area contributed by atoms with Crippen molar-refractivity contribution in [3.8, 4) is 0 Å². The van der Waals surface area contributed by atoms with Gasteiger partial charge < -0.3 is 5.11 Å². The Kier molecular flexibility index (Phi) is 1.42. The Morgan fingerprint density at radius 1 is 1.23 bits per heavy atom. The highest BCUT2D eigenvalue weighted by molar-refractivity contribution is 5.94. The van der Waals surface area contributed by atoms with Crippen molar-refractivity contribution in [1.29, 1.82) is 0 Å². The van der Waals surface area contributed by atoms with Gasteiger partial charge in [0.25, 0.3) is 0 Å². The topological polar surface area (TPSA) is 37.3 Å². The van der Waals surface area contributed by atoms with E-state index in [0.717, 1.165) is 12.8 Å². The highest BCUT2D eigenvalue weighted by Gasteiger charge is 2.72. The molecule has 2 bridgehead atoms. The van der Waals surface area contributed by atoms with Crippen molar-refractivity contribution in [1.82, 2.24) is 0 Å². The number of aliphatic hydroxyl groups excluding tert-OH is 1. The largest absolute Gasteiger partial charge is 0.385 e. The second-order valence-electron chi connectivity index (χ2n) is 5.64. The molecule has 3 atom stereocenters. The van der Waals surface area contributed by atoms with Crippen molar-refractivity contribution < 1.29 is 9.90 Å². The molecule has 0 aromatic rings. The van der Waals surface area contributed by atoms with E-state index in [9.17, 15) is 9.90 Å². The fraction of sp³-hybridized carbons (Fsp3) is 0.909. The molecule has 74 valence electrons. The average molecular weight is 182 g/mol. The van der Waals surface area contributed by atoms with Crippen LogP contribution in [-0.4, -0.2) is 17.0 Å². The Hall–Kier alpha value is -0.370. The molecule has 0 aromatic carbocycles. The van der Waals surface area contributed by atoms with E-state index >= 15 is 0 Å². The van der Waals surface area contributed by atoms with Gasteiger partial charge in [0.15, 0.2) is 5.78 Å². The van der Waals surface area contributed by atoms with Gasteiger partial charge in [0.2, 0.25) is 0 Å². The van der Waals surface area contributed by atoms with Crippen LogP contribution in [0.2, 0.25) is 0 Å². The Balaban J connectivity index is 2.61. The molecule has 0 aliphatic heterocycles. The average Bonchev–Trinajstić information content (AvgIpc) is 2.28. The number of Topliss-reactive ketones (excluding diaryl/α,β-unsaturated/α-hetero) is 1. The Bertz CT molecular complexity index is 279.